The molecule has 2 saturated heterocycles. The predicted octanol–water partition coefficient (Wildman–Crippen LogP) is 1.16. The highest BCUT2D eigenvalue weighted by atomic mass is 16.3. The molecule has 4 atom stereocenters. The molecule has 2 fully saturated rings. The maximum Gasteiger partial charge on any atom is 0.237 e. The molecular formula is C21H25N5O2. The summed E-state index contributed by atoms with van der Waals surface area (Å²) in [5.74, 6) is 0.380. The molecule has 0 spiro atoms. The van der Waals surface area contributed by atoms with Gasteiger partial charge in [-0.05, 0) is 43.0 Å². The van der Waals surface area contributed by atoms with E-state index in [9.17, 15) is 15.2 Å². The van der Waals surface area contributed by atoms with E-state index < -0.39 is 6.10 Å². The lowest BCUT2D eigenvalue weighted by Crippen LogP contribution is -2.53. The highest BCUT2D eigenvalue weighted by molar-refractivity contribution is 5.95. The third kappa shape index (κ3) is 3.66. The van der Waals surface area contributed by atoms with E-state index in [0.29, 0.717) is 36.5 Å². The average molecular weight is 379 g/mol. The third-order valence-corrected chi connectivity index (χ3v) is 5.64. The highest BCUT2D eigenvalue weighted by Crippen LogP contribution is 2.31. The van der Waals surface area contributed by atoms with E-state index in [-0.39, 0.29) is 18.0 Å². The molecule has 3 N–H and O–H groups in total. The fourth-order valence-electron chi connectivity index (χ4n) is 4.39. The Bertz CT molecular complexity index is 925. The number of anilines is 1. The summed E-state index contributed by atoms with van der Waals surface area (Å²) in [5, 5.41) is 26.2. The maximum atomic E-state index is 12.6. The van der Waals surface area contributed by atoms with Crippen LogP contribution in [0.1, 0.15) is 25.3 Å². The zero-order valence-corrected chi connectivity index (χ0v) is 15.9. The first-order valence-electron chi connectivity index (χ1n) is 9.79. The summed E-state index contributed by atoms with van der Waals surface area (Å²) in [6, 6.07) is 9.62. The largest absolute Gasteiger partial charge is 0.392 e. The van der Waals surface area contributed by atoms with Gasteiger partial charge >= 0.3 is 0 Å². The lowest BCUT2D eigenvalue weighted by Gasteiger charge is -2.39. The fourth-order valence-corrected chi connectivity index (χ4v) is 4.39. The van der Waals surface area contributed by atoms with Crippen LogP contribution in [0.2, 0.25) is 0 Å². The van der Waals surface area contributed by atoms with E-state index in [1.54, 1.807) is 6.20 Å². The summed E-state index contributed by atoms with van der Waals surface area (Å²) in [6.07, 6.45) is 2.64. The molecule has 28 heavy (non-hydrogen) atoms. The van der Waals surface area contributed by atoms with Gasteiger partial charge in [-0.1, -0.05) is 6.92 Å². The third-order valence-electron chi connectivity index (χ3n) is 5.64. The number of nitrogens with zero attached hydrogens (tertiary/aromatic N) is 3. The number of carbonyl (C=O) groups excluding carboxylic acids is 1. The van der Waals surface area contributed by atoms with Crippen LogP contribution in [-0.2, 0) is 4.79 Å². The van der Waals surface area contributed by atoms with Gasteiger partial charge in [-0.2, -0.15) is 5.26 Å². The molecular weight excluding hydrogens is 354 g/mol. The van der Waals surface area contributed by atoms with Crippen LogP contribution < -0.4 is 15.5 Å². The Morgan fingerprint density at radius 3 is 2.96 bits per heavy atom. The lowest BCUT2D eigenvalue weighted by molar-refractivity contribution is -0.123. The van der Waals surface area contributed by atoms with Gasteiger partial charge in [-0.3, -0.25) is 9.78 Å². The van der Waals surface area contributed by atoms with Crippen molar-refractivity contribution >= 4 is 22.5 Å². The van der Waals surface area contributed by atoms with Crippen LogP contribution in [0.3, 0.4) is 0 Å². The standard InChI is InChI=1S/C21H25N5O2/c1-13-7-15(25-21(28)18-8-16(27)10-24-18)12-26(11-13)19-5-4-14(9-22)20-17(19)3-2-6-23-20/h2-6,13,15-16,18,24,27H,7-8,10-12H2,1H3,(H,25,28)/t13-,15+,16?,18?/m0/s1. The van der Waals surface area contributed by atoms with Gasteiger partial charge in [0.25, 0.3) is 0 Å². The molecule has 4 rings (SSSR count). The molecule has 0 saturated carbocycles. The van der Waals surface area contributed by atoms with Crippen molar-refractivity contribution in [1.82, 2.24) is 15.6 Å². The van der Waals surface area contributed by atoms with Gasteiger partial charge in [-0.15, -0.1) is 0 Å². The normalized spacial score (nSPS) is 27.5. The Balaban J connectivity index is 1.55. The number of amides is 1. The zero-order chi connectivity index (χ0) is 19.7. The molecule has 146 valence electrons. The molecule has 0 bridgehead atoms. The number of pyridine rings is 1. The molecule has 7 heteroatoms. The molecule has 0 aliphatic carbocycles. The number of piperidine rings is 1. The van der Waals surface area contributed by atoms with Gasteiger partial charge in [0.2, 0.25) is 5.91 Å². The van der Waals surface area contributed by atoms with Crippen molar-refractivity contribution in [3.05, 3.63) is 36.0 Å². The fraction of sp³-hybridized carbons (Fsp3) is 0.476. The minimum atomic E-state index is -0.449. The molecule has 0 radical (unpaired) electrons. The molecule has 1 aromatic carbocycles. The number of aromatic nitrogens is 1. The Morgan fingerprint density at radius 1 is 1.36 bits per heavy atom. The van der Waals surface area contributed by atoms with Gasteiger partial charge in [0.1, 0.15) is 6.07 Å². The smallest absolute Gasteiger partial charge is 0.237 e. The van der Waals surface area contributed by atoms with Gasteiger partial charge in [0, 0.05) is 42.9 Å². The van der Waals surface area contributed by atoms with Gasteiger partial charge in [-0.25, -0.2) is 0 Å². The Kier molecular flexibility index (Phi) is 5.16. The van der Waals surface area contributed by atoms with E-state index in [1.807, 2.05) is 24.3 Å². The van der Waals surface area contributed by atoms with Crippen molar-refractivity contribution in [2.45, 2.75) is 38.0 Å². The van der Waals surface area contributed by atoms with Crippen molar-refractivity contribution in [2.24, 2.45) is 5.92 Å². The monoisotopic (exact) mass is 379 g/mol. The first-order valence-corrected chi connectivity index (χ1v) is 9.79. The summed E-state index contributed by atoms with van der Waals surface area (Å²) in [7, 11) is 0. The number of carbonyl (C=O) groups is 1. The number of hydrogen-bond donors (Lipinski definition) is 3. The van der Waals surface area contributed by atoms with Crippen molar-refractivity contribution < 1.29 is 9.90 Å². The molecule has 2 aliphatic heterocycles. The quantitative estimate of drug-likeness (QED) is 0.740. The van der Waals surface area contributed by atoms with Crippen LogP contribution in [0.15, 0.2) is 30.5 Å². The Hall–Kier alpha value is -2.69. The SMILES string of the molecule is C[C@H]1C[C@@H](NC(=O)C2CC(O)CN2)CN(c2ccc(C#N)c3ncccc23)C1. The second kappa shape index (κ2) is 7.74. The zero-order valence-electron chi connectivity index (χ0n) is 15.9. The van der Waals surface area contributed by atoms with E-state index >= 15 is 0 Å². The summed E-state index contributed by atoms with van der Waals surface area (Å²) in [5.41, 5.74) is 2.33. The second-order valence-electron chi connectivity index (χ2n) is 7.95. The maximum absolute atomic E-state index is 12.6. The number of fused-ring (bicyclic) bond motifs is 1. The van der Waals surface area contributed by atoms with Crippen molar-refractivity contribution in [1.29, 1.82) is 5.26 Å². The number of hydrogen-bond acceptors (Lipinski definition) is 6. The molecule has 7 nitrogen and oxygen atoms in total. The number of nitriles is 1. The second-order valence-corrected chi connectivity index (χ2v) is 7.95. The van der Waals surface area contributed by atoms with Gasteiger partial charge < -0.3 is 20.6 Å². The van der Waals surface area contributed by atoms with Crippen molar-refractivity contribution in [3.8, 4) is 6.07 Å². The van der Waals surface area contributed by atoms with Crippen LogP contribution in [0.4, 0.5) is 5.69 Å². The number of aliphatic hydroxyl groups is 1. The van der Waals surface area contributed by atoms with Crippen LogP contribution in [0.25, 0.3) is 10.9 Å². The average Bonchev–Trinajstić information content (AvgIpc) is 3.13. The van der Waals surface area contributed by atoms with Gasteiger partial charge in [0.15, 0.2) is 0 Å². The first kappa shape index (κ1) is 18.7. The van der Waals surface area contributed by atoms with Crippen LogP contribution in [0, 0.1) is 17.2 Å². The molecule has 1 amide bonds. The lowest BCUT2D eigenvalue weighted by atomic mass is 9.94. The van der Waals surface area contributed by atoms with E-state index in [2.05, 4.69) is 33.5 Å². The van der Waals surface area contributed by atoms with E-state index in [0.717, 1.165) is 24.0 Å². The molecule has 2 aromatic rings. The molecule has 2 unspecified atom stereocenters. The van der Waals surface area contributed by atoms with Gasteiger partial charge in [0.05, 0.1) is 23.2 Å². The Morgan fingerprint density at radius 2 is 2.21 bits per heavy atom. The number of rotatable bonds is 3. The van der Waals surface area contributed by atoms with Crippen LogP contribution in [-0.4, -0.2) is 53.8 Å². The van der Waals surface area contributed by atoms with Crippen molar-refractivity contribution in [2.75, 3.05) is 24.5 Å². The topological polar surface area (TPSA) is 101 Å². The van der Waals surface area contributed by atoms with Crippen LogP contribution >= 0.6 is 0 Å². The number of aliphatic hydroxyl groups excluding tert-OH is 1. The number of β-amino-alcohol motifs (C(OH)–C–C–N with tert-alkyl or cyclic N) is 1. The first-order chi connectivity index (χ1) is 13.5. The highest BCUT2D eigenvalue weighted by Gasteiger charge is 2.32. The summed E-state index contributed by atoms with van der Waals surface area (Å²) in [4.78, 5) is 19.2. The molecule has 3 heterocycles. The predicted molar refractivity (Wildman–Crippen MR) is 107 cm³/mol. The minimum Gasteiger partial charge on any atom is -0.392 e. The Labute approximate surface area is 164 Å². The summed E-state index contributed by atoms with van der Waals surface area (Å²) in [6.45, 7) is 4.26. The van der Waals surface area contributed by atoms with Crippen LogP contribution in [0.5, 0.6) is 0 Å². The molecule has 2 aliphatic rings. The van der Waals surface area contributed by atoms with E-state index in [4.69, 9.17) is 0 Å². The van der Waals surface area contributed by atoms with E-state index in [1.165, 1.54) is 0 Å². The molecule has 1 aromatic heterocycles. The minimum absolute atomic E-state index is 0.0399. The summed E-state index contributed by atoms with van der Waals surface area (Å²) < 4.78 is 0. The summed E-state index contributed by atoms with van der Waals surface area (Å²) >= 11 is 0. The number of benzene rings is 1. The van der Waals surface area contributed by atoms with Crippen molar-refractivity contribution in [3.63, 3.8) is 0 Å². The number of nitrogens with one attached hydrogen (secondary N) is 2.